The highest BCUT2D eigenvalue weighted by atomic mass is 16.1. The monoisotopic (exact) mass is 279 g/mol. The largest absolute Gasteiger partial charge is 0.349 e. The molecule has 0 aromatic heterocycles. The summed E-state index contributed by atoms with van der Waals surface area (Å²) in [4.78, 5) is 12.1. The summed E-state index contributed by atoms with van der Waals surface area (Å²) < 4.78 is 0. The van der Waals surface area contributed by atoms with E-state index in [1.165, 1.54) is 36.0 Å². The number of hydrogen-bond acceptors (Lipinski definition) is 1. The summed E-state index contributed by atoms with van der Waals surface area (Å²) in [5, 5.41) is 3.10. The van der Waals surface area contributed by atoms with E-state index in [0.29, 0.717) is 6.42 Å². The summed E-state index contributed by atoms with van der Waals surface area (Å²) >= 11 is 0. The van der Waals surface area contributed by atoms with Crippen molar-refractivity contribution in [3.05, 3.63) is 70.8 Å². The van der Waals surface area contributed by atoms with Gasteiger partial charge < -0.3 is 5.32 Å². The first-order chi connectivity index (χ1) is 10.2. The van der Waals surface area contributed by atoms with E-state index in [9.17, 15) is 4.79 Å². The molecule has 0 saturated carbocycles. The predicted octanol–water partition coefficient (Wildman–Crippen LogP) is 3.60. The maximum absolute atomic E-state index is 12.1. The molecule has 1 atom stereocenters. The topological polar surface area (TPSA) is 29.1 Å². The van der Waals surface area contributed by atoms with E-state index in [1.54, 1.807) is 0 Å². The fourth-order valence-electron chi connectivity index (χ4n) is 3.02. The molecule has 0 fully saturated rings. The number of carbonyl (C=O) groups excluding carboxylic acids is 1. The normalized spacial score (nSPS) is 14.5. The first-order valence-corrected chi connectivity index (χ1v) is 7.67. The van der Waals surface area contributed by atoms with Gasteiger partial charge in [-0.3, -0.25) is 4.79 Å². The van der Waals surface area contributed by atoms with Crippen molar-refractivity contribution in [2.45, 2.75) is 38.6 Å². The lowest BCUT2D eigenvalue weighted by Gasteiger charge is -2.15. The molecule has 0 unspecified atom stereocenters. The number of benzene rings is 2. The summed E-state index contributed by atoms with van der Waals surface area (Å²) in [6.45, 7) is 2.06. The second kappa shape index (κ2) is 6.13. The summed E-state index contributed by atoms with van der Waals surface area (Å²) in [6.07, 6.45) is 4.07. The third-order valence-corrected chi connectivity index (χ3v) is 4.21. The molecule has 0 aliphatic heterocycles. The highest BCUT2D eigenvalue weighted by molar-refractivity contribution is 5.79. The van der Waals surface area contributed by atoms with Crippen LogP contribution in [0.4, 0.5) is 0 Å². The number of amides is 1. The molecule has 108 valence electrons. The Morgan fingerprint density at radius 1 is 1.10 bits per heavy atom. The van der Waals surface area contributed by atoms with Crippen LogP contribution in [-0.4, -0.2) is 5.91 Å². The Morgan fingerprint density at radius 2 is 1.86 bits per heavy atom. The fraction of sp³-hybridized carbons (Fsp3) is 0.316. The van der Waals surface area contributed by atoms with Gasteiger partial charge in [-0.1, -0.05) is 48.5 Å². The SMILES string of the molecule is C[C@@H](NC(=O)Cc1ccccc1)c1ccc2c(c1)CCC2. The van der Waals surface area contributed by atoms with Crippen molar-refractivity contribution in [3.8, 4) is 0 Å². The van der Waals surface area contributed by atoms with Gasteiger partial charge >= 0.3 is 0 Å². The molecular formula is C19H21NO. The Hall–Kier alpha value is -2.09. The van der Waals surface area contributed by atoms with E-state index in [0.717, 1.165) is 5.56 Å². The van der Waals surface area contributed by atoms with Crippen LogP contribution in [0, 0.1) is 0 Å². The zero-order chi connectivity index (χ0) is 14.7. The van der Waals surface area contributed by atoms with Crippen molar-refractivity contribution >= 4 is 5.91 Å². The number of nitrogens with one attached hydrogen (secondary N) is 1. The lowest BCUT2D eigenvalue weighted by molar-refractivity contribution is -0.121. The van der Waals surface area contributed by atoms with Gasteiger partial charge in [0.25, 0.3) is 0 Å². The van der Waals surface area contributed by atoms with E-state index < -0.39 is 0 Å². The average molecular weight is 279 g/mol. The quantitative estimate of drug-likeness (QED) is 0.910. The number of carbonyl (C=O) groups is 1. The van der Waals surface area contributed by atoms with Crippen LogP contribution in [0.1, 0.15) is 41.6 Å². The molecule has 1 N–H and O–H groups in total. The van der Waals surface area contributed by atoms with Crippen LogP contribution >= 0.6 is 0 Å². The molecule has 3 rings (SSSR count). The molecule has 0 heterocycles. The minimum Gasteiger partial charge on any atom is -0.349 e. The van der Waals surface area contributed by atoms with Crippen LogP contribution in [0.15, 0.2) is 48.5 Å². The zero-order valence-electron chi connectivity index (χ0n) is 12.4. The molecule has 2 aromatic carbocycles. The van der Waals surface area contributed by atoms with E-state index in [4.69, 9.17) is 0 Å². The maximum atomic E-state index is 12.1. The van der Waals surface area contributed by atoms with Crippen LogP contribution in [0.2, 0.25) is 0 Å². The number of fused-ring (bicyclic) bond motifs is 1. The number of rotatable bonds is 4. The Balaban J connectivity index is 1.63. The number of aryl methyl sites for hydroxylation is 2. The second-order valence-electron chi connectivity index (χ2n) is 5.83. The maximum Gasteiger partial charge on any atom is 0.224 e. The van der Waals surface area contributed by atoms with Crippen molar-refractivity contribution in [2.75, 3.05) is 0 Å². The second-order valence-corrected chi connectivity index (χ2v) is 5.83. The van der Waals surface area contributed by atoms with Crippen LogP contribution in [0.5, 0.6) is 0 Å². The molecule has 2 heteroatoms. The lowest BCUT2D eigenvalue weighted by atomic mass is 10.0. The molecule has 1 amide bonds. The van der Waals surface area contributed by atoms with E-state index >= 15 is 0 Å². The van der Waals surface area contributed by atoms with Crippen molar-refractivity contribution in [1.29, 1.82) is 0 Å². The van der Waals surface area contributed by atoms with Gasteiger partial charge in [0, 0.05) is 0 Å². The smallest absolute Gasteiger partial charge is 0.224 e. The van der Waals surface area contributed by atoms with Gasteiger partial charge in [-0.2, -0.15) is 0 Å². The summed E-state index contributed by atoms with van der Waals surface area (Å²) in [6, 6.07) is 16.6. The van der Waals surface area contributed by atoms with Crippen molar-refractivity contribution < 1.29 is 4.79 Å². The molecule has 1 aliphatic rings. The third-order valence-electron chi connectivity index (χ3n) is 4.21. The summed E-state index contributed by atoms with van der Waals surface area (Å²) in [5.74, 6) is 0.0780. The van der Waals surface area contributed by atoms with Crippen LogP contribution in [0.3, 0.4) is 0 Å². The highest BCUT2D eigenvalue weighted by Crippen LogP contribution is 2.25. The molecule has 2 aromatic rings. The van der Waals surface area contributed by atoms with E-state index in [1.807, 2.05) is 30.3 Å². The molecule has 2 nitrogen and oxygen atoms in total. The van der Waals surface area contributed by atoms with Crippen LogP contribution in [-0.2, 0) is 24.1 Å². The Bertz CT molecular complexity index is 633. The van der Waals surface area contributed by atoms with Crippen molar-refractivity contribution in [3.63, 3.8) is 0 Å². The number of hydrogen-bond donors (Lipinski definition) is 1. The third kappa shape index (κ3) is 3.33. The van der Waals surface area contributed by atoms with Gasteiger partial charge in [0.1, 0.15) is 0 Å². The molecule has 1 aliphatic carbocycles. The Labute approximate surface area is 126 Å². The first-order valence-electron chi connectivity index (χ1n) is 7.67. The summed E-state index contributed by atoms with van der Waals surface area (Å²) in [5.41, 5.74) is 5.19. The molecule has 0 radical (unpaired) electrons. The standard InChI is InChI=1S/C19H21NO/c1-14(17-11-10-16-8-5-9-18(16)13-17)20-19(21)12-15-6-3-2-4-7-15/h2-4,6-7,10-11,13-14H,5,8-9,12H2,1H3,(H,20,21)/t14-/m1/s1. The van der Waals surface area contributed by atoms with Gasteiger partial charge in [0.15, 0.2) is 0 Å². The highest BCUT2D eigenvalue weighted by Gasteiger charge is 2.15. The molecule has 21 heavy (non-hydrogen) atoms. The predicted molar refractivity (Wildman–Crippen MR) is 85.2 cm³/mol. The van der Waals surface area contributed by atoms with E-state index in [2.05, 4.69) is 30.4 Å². The van der Waals surface area contributed by atoms with Gasteiger partial charge in [0.2, 0.25) is 5.91 Å². The van der Waals surface area contributed by atoms with Gasteiger partial charge in [0.05, 0.1) is 12.5 Å². The molecule has 0 saturated heterocycles. The lowest BCUT2D eigenvalue weighted by Crippen LogP contribution is -2.28. The molecular weight excluding hydrogens is 258 g/mol. The van der Waals surface area contributed by atoms with Crippen molar-refractivity contribution in [2.24, 2.45) is 0 Å². The van der Waals surface area contributed by atoms with E-state index in [-0.39, 0.29) is 11.9 Å². The van der Waals surface area contributed by atoms with Crippen LogP contribution in [0.25, 0.3) is 0 Å². The van der Waals surface area contributed by atoms with Gasteiger partial charge in [-0.25, -0.2) is 0 Å². The van der Waals surface area contributed by atoms with Gasteiger partial charge in [-0.05, 0) is 48.4 Å². The molecule has 0 spiro atoms. The average Bonchev–Trinajstić information content (AvgIpc) is 2.95. The minimum absolute atomic E-state index is 0.0621. The van der Waals surface area contributed by atoms with Gasteiger partial charge in [-0.15, -0.1) is 0 Å². The fourth-order valence-corrected chi connectivity index (χ4v) is 3.02. The Kier molecular flexibility index (Phi) is 4.05. The first kappa shape index (κ1) is 13.9. The molecule has 0 bridgehead atoms. The summed E-state index contributed by atoms with van der Waals surface area (Å²) in [7, 11) is 0. The van der Waals surface area contributed by atoms with Crippen LogP contribution < -0.4 is 5.32 Å². The zero-order valence-corrected chi connectivity index (χ0v) is 12.4. The minimum atomic E-state index is 0.0621. The Morgan fingerprint density at radius 3 is 2.67 bits per heavy atom. The van der Waals surface area contributed by atoms with Crippen molar-refractivity contribution in [1.82, 2.24) is 5.32 Å².